The van der Waals surface area contributed by atoms with Crippen molar-refractivity contribution < 1.29 is 4.79 Å². The van der Waals surface area contributed by atoms with Crippen LogP contribution < -0.4 is 5.32 Å². The number of rotatable bonds is 5. The second-order valence-corrected chi connectivity index (χ2v) is 4.77. The van der Waals surface area contributed by atoms with Gasteiger partial charge in [0, 0.05) is 11.4 Å². The van der Waals surface area contributed by atoms with Gasteiger partial charge in [0.2, 0.25) is 0 Å². The molecule has 0 aliphatic heterocycles. The highest BCUT2D eigenvalue weighted by Crippen LogP contribution is 2.09. The third-order valence-electron chi connectivity index (χ3n) is 3.30. The molecule has 0 atom stereocenters. The predicted molar refractivity (Wildman–Crippen MR) is 80.5 cm³/mol. The van der Waals surface area contributed by atoms with Crippen LogP contribution in [-0.4, -0.2) is 30.9 Å². The Labute approximate surface area is 127 Å². The Hall–Kier alpha value is -2.96. The van der Waals surface area contributed by atoms with Crippen LogP contribution in [0.4, 0.5) is 0 Å². The number of para-hydroxylation sites is 1. The Morgan fingerprint density at radius 1 is 1.32 bits per heavy atom. The second kappa shape index (κ2) is 6.21. The van der Waals surface area contributed by atoms with Gasteiger partial charge in [0.25, 0.3) is 5.91 Å². The summed E-state index contributed by atoms with van der Waals surface area (Å²) in [5.74, 6) is 0.421. The van der Waals surface area contributed by atoms with Crippen molar-refractivity contribution in [2.75, 3.05) is 0 Å². The van der Waals surface area contributed by atoms with Gasteiger partial charge in [-0.25, -0.2) is 0 Å². The third kappa shape index (κ3) is 2.88. The minimum absolute atomic E-state index is 0.237. The summed E-state index contributed by atoms with van der Waals surface area (Å²) in [6.45, 7) is 2.28. The van der Waals surface area contributed by atoms with Crippen molar-refractivity contribution in [3.8, 4) is 5.69 Å². The highest BCUT2D eigenvalue weighted by molar-refractivity contribution is 5.92. The van der Waals surface area contributed by atoms with E-state index in [-0.39, 0.29) is 12.5 Å². The maximum atomic E-state index is 12.1. The molecule has 2 N–H and O–H groups in total. The first-order chi connectivity index (χ1) is 10.8. The lowest BCUT2D eigenvalue weighted by Crippen LogP contribution is -2.24. The molecule has 22 heavy (non-hydrogen) atoms. The fraction of sp³-hybridized carbons (Fsp3) is 0.200. The minimum Gasteiger partial charge on any atom is -0.343 e. The average molecular weight is 296 g/mol. The van der Waals surface area contributed by atoms with Crippen molar-refractivity contribution in [1.29, 1.82) is 0 Å². The van der Waals surface area contributed by atoms with Gasteiger partial charge in [-0.2, -0.15) is 5.10 Å². The Morgan fingerprint density at radius 3 is 2.86 bits per heavy atom. The molecule has 2 heterocycles. The van der Waals surface area contributed by atoms with Crippen molar-refractivity contribution in [2.45, 2.75) is 19.9 Å². The first kappa shape index (κ1) is 14.0. The lowest BCUT2D eigenvalue weighted by Gasteiger charge is -2.06. The Balaban J connectivity index is 1.70. The van der Waals surface area contributed by atoms with Gasteiger partial charge in [-0.05, 0) is 24.6 Å². The fourth-order valence-corrected chi connectivity index (χ4v) is 2.09. The van der Waals surface area contributed by atoms with E-state index in [1.807, 2.05) is 41.8 Å². The zero-order valence-corrected chi connectivity index (χ0v) is 12.2. The molecule has 0 saturated heterocycles. The number of carbonyl (C=O) groups excluding carboxylic acids is 1. The van der Waals surface area contributed by atoms with E-state index in [0.717, 1.165) is 17.8 Å². The van der Waals surface area contributed by atoms with Gasteiger partial charge in [0.15, 0.2) is 5.82 Å². The van der Waals surface area contributed by atoms with E-state index in [1.165, 1.54) is 0 Å². The number of aromatic nitrogens is 5. The van der Waals surface area contributed by atoms with E-state index >= 15 is 0 Å². The van der Waals surface area contributed by atoms with Gasteiger partial charge >= 0.3 is 0 Å². The molecule has 0 bridgehead atoms. The molecule has 3 rings (SSSR count). The normalized spacial score (nSPS) is 10.6. The van der Waals surface area contributed by atoms with Gasteiger partial charge in [-0.15, -0.1) is 10.2 Å². The maximum Gasteiger partial charge on any atom is 0.272 e. The van der Waals surface area contributed by atoms with Gasteiger partial charge < -0.3 is 5.32 Å². The van der Waals surface area contributed by atoms with Crippen LogP contribution >= 0.6 is 0 Å². The summed E-state index contributed by atoms with van der Waals surface area (Å²) in [7, 11) is 0. The van der Waals surface area contributed by atoms with Crippen LogP contribution in [0.3, 0.4) is 0 Å². The van der Waals surface area contributed by atoms with E-state index in [9.17, 15) is 4.79 Å². The molecule has 7 nitrogen and oxygen atoms in total. The lowest BCUT2D eigenvalue weighted by molar-refractivity contribution is 0.0944. The highest BCUT2D eigenvalue weighted by Gasteiger charge is 2.12. The van der Waals surface area contributed by atoms with Gasteiger partial charge in [0.05, 0.1) is 6.54 Å². The number of H-pyrrole nitrogens is 1. The smallest absolute Gasteiger partial charge is 0.272 e. The second-order valence-electron chi connectivity index (χ2n) is 4.77. The first-order valence-electron chi connectivity index (χ1n) is 7.04. The van der Waals surface area contributed by atoms with Crippen molar-refractivity contribution in [1.82, 2.24) is 30.3 Å². The molecule has 0 spiro atoms. The van der Waals surface area contributed by atoms with E-state index in [0.29, 0.717) is 11.5 Å². The quantitative estimate of drug-likeness (QED) is 0.746. The Bertz CT molecular complexity index is 761. The summed E-state index contributed by atoms with van der Waals surface area (Å²) in [6, 6.07) is 11.5. The van der Waals surface area contributed by atoms with Crippen LogP contribution in [0.2, 0.25) is 0 Å². The van der Waals surface area contributed by atoms with Crippen LogP contribution in [0.25, 0.3) is 5.69 Å². The zero-order valence-electron chi connectivity index (χ0n) is 12.2. The Morgan fingerprint density at radius 2 is 2.14 bits per heavy atom. The number of nitrogens with zero attached hydrogens (tertiary/aromatic N) is 4. The molecule has 0 saturated carbocycles. The van der Waals surface area contributed by atoms with Crippen LogP contribution in [0.5, 0.6) is 0 Å². The largest absolute Gasteiger partial charge is 0.343 e. The Kier molecular flexibility index (Phi) is 3.95. The maximum absolute atomic E-state index is 12.1. The van der Waals surface area contributed by atoms with Gasteiger partial charge in [0.1, 0.15) is 12.0 Å². The summed E-state index contributed by atoms with van der Waals surface area (Å²) in [5, 5.41) is 17.6. The van der Waals surface area contributed by atoms with Gasteiger partial charge in [-0.3, -0.25) is 14.5 Å². The SMILES string of the molecule is CCc1cc(C(=O)NCc2nncn2-c2ccccc2)n[nH]1. The molecule has 0 aliphatic carbocycles. The lowest BCUT2D eigenvalue weighted by atomic mass is 10.3. The van der Waals surface area contributed by atoms with Crippen molar-refractivity contribution >= 4 is 5.91 Å². The standard InChI is InChI=1S/C15H16N6O/c1-2-11-8-13(19-18-11)15(22)16-9-14-20-17-10-21(14)12-6-4-3-5-7-12/h3-8,10H,2,9H2,1H3,(H,16,22)(H,18,19). The highest BCUT2D eigenvalue weighted by atomic mass is 16.1. The van der Waals surface area contributed by atoms with E-state index in [2.05, 4.69) is 25.7 Å². The minimum atomic E-state index is -0.237. The van der Waals surface area contributed by atoms with Crippen molar-refractivity contribution in [3.05, 3.63) is 59.9 Å². The number of carbonyl (C=O) groups is 1. The molecular formula is C15H16N6O. The van der Waals surface area contributed by atoms with Crippen molar-refractivity contribution in [3.63, 3.8) is 0 Å². The van der Waals surface area contributed by atoms with E-state index < -0.39 is 0 Å². The summed E-state index contributed by atoms with van der Waals surface area (Å²) >= 11 is 0. The summed E-state index contributed by atoms with van der Waals surface area (Å²) in [6.07, 6.45) is 2.43. The zero-order chi connectivity index (χ0) is 15.4. The molecule has 2 aromatic heterocycles. The van der Waals surface area contributed by atoms with Crippen LogP contribution in [0, 0.1) is 0 Å². The first-order valence-corrected chi connectivity index (χ1v) is 7.04. The number of benzene rings is 1. The summed E-state index contributed by atoms with van der Waals surface area (Å²) in [4.78, 5) is 12.1. The summed E-state index contributed by atoms with van der Waals surface area (Å²) < 4.78 is 1.84. The fourth-order valence-electron chi connectivity index (χ4n) is 2.09. The van der Waals surface area contributed by atoms with E-state index in [1.54, 1.807) is 12.4 Å². The molecule has 0 aliphatic rings. The van der Waals surface area contributed by atoms with Crippen LogP contribution in [0.1, 0.15) is 28.9 Å². The van der Waals surface area contributed by atoms with Gasteiger partial charge in [-0.1, -0.05) is 25.1 Å². The number of hydrogen-bond acceptors (Lipinski definition) is 4. The number of hydrogen-bond donors (Lipinski definition) is 2. The van der Waals surface area contributed by atoms with Crippen LogP contribution in [-0.2, 0) is 13.0 Å². The number of nitrogens with one attached hydrogen (secondary N) is 2. The molecule has 0 fully saturated rings. The molecule has 3 aromatic rings. The topological polar surface area (TPSA) is 88.5 Å². The number of aryl methyl sites for hydroxylation is 1. The molecule has 1 amide bonds. The predicted octanol–water partition coefficient (Wildman–Crippen LogP) is 1.48. The molecule has 0 radical (unpaired) electrons. The summed E-state index contributed by atoms with van der Waals surface area (Å²) in [5.41, 5.74) is 2.25. The molecule has 1 aromatic carbocycles. The monoisotopic (exact) mass is 296 g/mol. The molecule has 7 heteroatoms. The molecule has 112 valence electrons. The van der Waals surface area contributed by atoms with Crippen molar-refractivity contribution in [2.24, 2.45) is 0 Å². The third-order valence-corrected chi connectivity index (χ3v) is 3.30. The number of amides is 1. The number of aromatic amines is 1. The average Bonchev–Trinajstić information content (AvgIpc) is 3.22. The van der Waals surface area contributed by atoms with Crippen LogP contribution in [0.15, 0.2) is 42.7 Å². The molecule has 0 unspecified atom stereocenters. The molecular weight excluding hydrogens is 280 g/mol. The van der Waals surface area contributed by atoms with E-state index in [4.69, 9.17) is 0 Å².